The Labute approximate surface area is 193 Å². The van der Waals surface area contributed by atoms with Crippen LogP contribution in [0.2, 0.25) is 0 Å². The van der Waals surface area contributed by atoms with Crippen molar-refractivity contribution in [3.63, 3.8) is 0 Å². The van der Waals surface area contributed by atoms with Gasteiger partial charge in [0.15, 0.2) is 6.29 Å². The Bertz CT molecular complexity index is 1050. The number of aromatic nitrogens is 2. The summed E-state index contributed by atoms with van der Waals surface area (Å²) in [6.45, 7) is 1.14. The number of benzene rings is 2. The highest BCUT2D eigenvalue weighted by Crippen LogP contribution is 2.23. The largest absolute Gasteiger partial charge is 0.378 e. The highest BCUT2D eigenvalue weighted by molar-refractivity contribution is 5.90. The summed E-state index contributed by atoms with van der Waals surface area (Å²) in [7, 11) is 1.68. The minimum absolute atomic E-state index is 0.317. The molecule has 2 heterocycles. The molecule has 7 heteroatoms. The molecule has 0 saturated carbocycles. The van der Waals surface area contributed by atoms with E-state index in [1.54, 1.807) is 13.2 Å². The smallest absolute Gasteiger partial charge is 0.267 e. The van der Waals surface area contributed by atoms with E-state index in [2.05, 4.69) is 10.5 Å². The summed E-state index contributed by atoms with van der Waals surface area (Å²) in [5, 5.41) is 0. The molecule has 1 aromatic heterocycles. The van der Waals surface area contributed by atoms with E-state index in [-0.39, 0.29) is 12.2 Å². The van der Waals surface area contributed by atoms with Crippen molar-refractivity contribution in [3.8, 4) is 11.3 Å². The van der Waals surface area contributed by atoms with Crippen LogP contribution in [-0.2, 0) is 32.1 Å². The first-order chi connectivity index (χ1) is 16.2. The maximum atomic E-state index is 12.0. The summed E-state index contributed by atoms with van der Waals surface area (Å²) in [5.41, 5.74) is 7.40. The number of ether oxygens (including phenoxy) is 2. The fourth-order valence-corrected chi connectivity index (χ4v) is 3.70. The van der Waals surface area contributed by atoms with E-state index in [1.165, 1.54) is 6.08 Å². The number of amides is 1. The van der Waals surface area contributed by atoms with E-state index in [1.807, 2.05) is 54.6 Å². The number of hydrogen-bond donors (Lipinski definition) is 2. The van der Waals surface area contributed by atoms with Gasteiger partial charge in [0.2, 0.25) is 0 Å². The van der Waals surface area contributed by atoms with Crippen LogP contribution in [0.4, 0.5) is 0 Å². The van der Waals surface area contributed by atoms with Crippen LogP contribution in [0.5, 0.6) is 0 Å². The van der Waals surface area contributed by atoms with Crippen LogP contribution in [0.1, 0.15) is 41.9 Å². The van der Waals surface area contributed by atoms with Gasteiger partial charge in [-0.25, -0.2) is 15.3 Å². The fourth-order valence-electron chi connectivity index (χ4n) is 3.70. The van der Waals surface area contributed by atoms with Crippen LogP contribution in [0.25, 0.3) is 17.3 Å². The van der Waals surface area contributed by atoms with Crippen molar-refractivity contribution in [2.75, 3.05) is 13.7 Å². The molecule has 1 atom stereocenters. The van der Waals surface area contributed by atoms with Crippen molar-refractivity contribution in [1.29, 1.82) is 0 Å². The van der Waals surface area contributed by atoms with Gasteiger partial charge in [-0.3, -0.25) is 4.79 Å². The number of methoxy groups -OCH3 is 1. The second-order valence-corrected chi connectivity index (χ2v) is 7.94. The summed E-state index contributed by atoms with van der Waals surface area (Å²) >= 11 is 0. The predicted octanol–water partition coefficient (Wildman–Crippen LogP) is 4.40. The number of hydroxylamine groups is 1. The monoisotopic (exact) mass is 447 g/mol. The summed E-state index contributed by atoms with van der Waals surface area (Å²) in [6, 6.07) is 18.1. The van der Waals surface area contributed by atoms with Gasteiger partial charge in [-0.15, -0.1) is 0 Å². The molecule has 7 nitrogen and oxygen atoms in total. The Kier molecular flexibility index (Phi) is 8.03. The lowest BCUT2D eigenvalue weighted by Gasteiger charge is -2.21. The van der Waals surface area contributed by atoms with E-state index in [0.717, 1.165) is 53.2 Å². The van der Waals surface area contributed by atoms with Crippen molar-refractivity contribution in [2.45, 2.75) is 38.6 Å². The van der Waals surface area contributed by atoms with Crippen molar-refractivity contribution in [1.82, 2.24) is 15.4 Å². The van der Waals surface area contributed by atoms with E-state index in [9.17, 15) is 4.79 Å². The summed E-state index contributed by atoms with van der Waals surface area (Å²) in [5.74, 6) is 0.564. The van der Waals surface area contributed by atoms with Crippen molar-refractivity contribution in [2.24, 2.45) is 0 Å². The summed E-state index contributed by atoms with van der Waals surface area (Å²) in [6.07, 6.45) is 6.39. The number of carbonyl (C=O) groups is 1. The number of H-pyrrole nitrogens is 1. The lowest BCUT2D eigenvalue weighted by molar-refractivity contribution is -0.198. The Morgan fingerprint density at radius 2 is 2.00 bits per heavy atom. The van der Waals surface area contributed by atoms with Crippen molar-refractivity contribution >= 4 is 12.0 Å². The maximum Gasteiger partial charge on any atom is 0.267 e. The zero-order valence-corrected chi connectivity index (χ0v) is 18.8. The zero-order chi connectivity index (χ0) is 22.9. The number of carbonyl (C=O) groups excluding carboxylic acids is 1. The lowest BCUT2D eigenvalue weighted by Crippen LogP contribution is -2.32. The molecule has 1 unspecified atom stereocenters. The fraction of sp³-hybridized carbons (Fsp3) is 0.308. The molecular weight excluding hydrogens is 418 g/mol. The quantitative estimate of drug-likeness (QED) is 0.375. The average Bonchev–Trinajstić information content (AvgIpc) is 3.26. The number of hydrogen-bond acceptors (Lipinski definition) is 5. The third-order valence-corrected chi connectivity index (χ3v) is 5.37. The summed E-state index contributed by atoms with van der Waals surface area (Å²) in [4.78, 5) is 25.5. The van der Waals surface area contributed by atoms with Gasteiger partial charge in [-0.2, -0.15) is 0 Å². The normalized spacial score (nSPS) is 16.2. The van der Waals surface area contributed by atoms with Crippen LogP contribution in [0.3, 0.4) is 0 Å². The van der Waals surface area contributed by atoms with Crippen molar-refractivity contribution < 1.29 is 19.1 Å². The molecule has 1 aliphatic rings. The van der Waals surface area contributed by atoms with E-state index in [4.69, 9.17) is 19.3 Å². The Morgan fingerprint density at radius 3 is 2.73 bits per heavy atom. The zero-order valence-electron chi connectivity index (χ0n) is 18.8. The molecule has 1 aliphatic heterocycles. The van der Waals surface area contributed by atoms with E-state index >= 15 is 0 Å². The van der Waals surface area contributed by atoms with Gasteiger partial charge >= 0.3 is 0 Å². The second kappa shape index (κ2) is 11.6. The van der Waals surface area contributed by atoms with E-state index in [0.29, 0.717) is 19.6 Å². The lowest BCUT2D eigenvalue weighted by atomic mass is 10.1. The van der Waals surface area contributed by atoms with Gasteiger partial charge in [-0.1, -0.05) is 54.6 Å². The molecule has 2 aromatic carbocycles. The molecule has 4 rings (SSSR count). The number of rotatable bonds is 9. The minimum atomic E-state index is -0.358. The first kappa shape index (κ1) is 22.9. The minimum Gasteiger partial charge on any atom is -0.378 e. The SMILES string of the molecule is COCc1[nH]c(Cc2ccc(C=CC(=O)NOC3CCCCO3)cc2)nc1-c1ccccc1. The van der Waals surface area contributed by atoms with Gasteiger partial charge < -0.3 is 14.5 Å². The van der Waals surface area contributed by atoms with Gasteiger partial charge in [0.1, 0.15) is 5.82 Å². The molecule has 172 valence electrons. The molecule has 0 aliphatic carbocycles. The molecule has 0 spiro atoms. The maximum absolute atomic E-state index is 12.0. The molecule has 2 N–H and O–H groups in total. The molecule has 1 saturated heterocycles. The van der Waals surface area contributed by atoms with Gasteiger partial charge in [0.25, 0.3) is 5.91 Å². The van der Waals surface area contributed by atoms with Gasteiger partial charge in [-0.05, 0) is 30.0 Å². The van der Waals surface area contributed by atoms with Gasteiger partial charge in [0, 0.05) is 38.2 Å². The Hall–Kier alpha value is -3.26. The van der Waals surface area contributed by atoms with Crippen LogP contribution in [0.15, 0.2) is 60.7 Å². The molecule has 1 amide bonds. The highest BCUT2D eigenvalue weighted by atomic mass is 16.8. The van der Waals surface area contributed by atoms with Gasteiger partial charge in [0.05, 0.1) is 18.0 Å². The highest BCUT2D eigenvalue weighted by Gasteiger charge is 2.15. The number of nitrogens with zero attached hydrogens (tertiary/aromatic N) is 1. The van der Waals surface area contributed by atoms with Crippen LogP contribution in [-0.4, -0.2) is 35.9 Å². The first-order valence-electron chi connectivity index (χ1n) is 11.2. The molecular formula is C26H29N3O4. The summed E-state index contributed by atoms with van der Waals surface area (Å²) < 4.78 is 10.8. The molecule has 33 heavy (non-hydrogen) atoms. The second-order valence-electron chi connectivity index (χ2n) is 7.94. The topological polar surface area (TPSA) is 85.5 Å². The number of aromatic amines is 1. The molecule has 0 bridgehead atoms. The molecule has 3 aromatic rings. The number of imidazole rings is 1. The third kappa shape index (κ3) is 6.61. The standard InChI is InChI=1S/C26H29N3O4/c1-31-18-22-26(21-7-3-2-4-8-21)28-23(27-22)17-20-12-10-19(11-13-20)14-15-24(30)29-33-25-9-5-6-16-32-25/h2-4,7-8,10-15,25H,5-6,9,16-18H2,1H3,(H,27,28)(H,29,30). The average molecular weight is 448 g/mol. The molecule has 0 radical (unpaired) electrons. The first-order valence-corrected chi connectivity index (χ1v) is 11.2. The van der Waals surface area contributed by atoms with Crippen LogP contribution >= 0.6 is 0 Å². The Balaban J connectivity index is 1.34. The molecule has 1 fully saturated rings. The predicted molar refractivity (Wildman–Crippen MR) is 126 cm³/mol. The van der Waals surface area contributed by atoms with Crippen LogP contribution in [0, 0.1) is 0 Å². The number of nitrogens with one attached hydrogen (secondary N) is 2. The van der Waals surface area contributed by atoms with Crippen molar-refractivity contribution in [3.05, 3.63) is 83.3 Å². The Morgan fingerprint density at radius 1 is 1.18 bits per heavy atom. The third-order valence-electron chi connectivity index (χ3n) is 5.37. The van der Waals surface area contributed by atoms with Crippen LogP contribution < -0.4 is 5.48 Å². The van der Waals surface area contributed by atoms with E-state index < -0.39 is 0 Å².